The number of fused-ring (bicyclic) bond motifs is 3. The molecule has 2 aromatic carbocycles. The van der Waals surface area contributed by atoms with Gasteiger partial charge in [0.1, 0.15) is 5.52 Å². The summed E-state index contributed by atoms with van der Waals surface area (Å²) in [7, 11) is 0. The second-order valence-electron chi connectivity index (χ2n) is 8.20. The molecule has 0 saturated heterocycles. The van der Waals surface area contributed by atoms with E-state index in [1.165, 1.54) is 0 Å². The van der Waals surface area contributed by atoms with Crippen molar-refractivity contribution in [3.8, 4) is 22.6 Å². The zero-order valence-corrected chi connectivity index (χ0v) is 17.5. The average Bonchev–Trinajstić information content (AvgIpc) is 3.31. The van der Waals surface area contributed by atoms with Gasteiger partial charge in [-0.15, -0.1) is 0 Å². The van der Waals surface area contributed by atoms with Crippen LogP contribution in [0.3, 0.4) is 0 Å². The largest absolute Gasteiger partial charge is 0.454 e. The number of aromatic amines is 1. The molecular formula is C24H19N7O2. The first-order chi connectivity index (χ1) is 16.3. The summed E-state index contributed by atoms with van der Waals surface area (Å²) in [6, 6.07) is 14.5. The van der Waals surface area contributed by atoms with Gasteiger partial charge in [-0.25, -0.2) is 4.98 Å². The number of hydrogen-bond donors (Lipinski definition) is 3. The summed E-state index contributed by atoms with van der Waals surface area (Å²) >= 11 is 0. The minimum absolute atomic E-state index is 0.252. The highest BCUT2D eigenvalue weighted by Gasteiger charge is 2.23. The molecule has 3 aromatic heterocycles. The lowest BCUT2D eigenvalue weighted by Crippen LogP contribution is -2.07. The van der Waals surface area contributed by atoms with Crippen molar-refractivity contribution in [3.05, 3.63) is 55.0 Å². The number of imidazole rings is 1. The molecule has 9 nitrogen and oxygen atoms in total. The van der Waals surface area contributed by atoms with Crippen LogP contribution in [0.2, 0.25) is 0 Å². The molecule has 0 atom stereocenters. The van der Waals surface area contributed by atoms with Gasteiger partial charge in [0.2, 0.25) is 12.7 Å². The lowest BCUT2D eigenvalue weighted by atomic mass is 10.0. The van der Waals surface area contributed by atoms with Gasteiger partial charge in [-0.2, -0.15) is 9.97 Å². The van der Waals surface area contributed by atoms with Crippen molar-refractivity contribution in [1.29, 1.82) is 0 Å². The number of benzene rings is 2. The molecule has 1 aliphatic heterocycles. The lowest BCUT2D eigenvalue weighted by Gasteiger charge is -2.11. The summed E-state index contributed by atoms with van der Waals surface area (Å²) in [5, 5.41) is 7.81. The van der Waals surface area contributed by atoms with Crippen LogP contribution in [0.5, 0.6) is 11.5 Å². The Morgan fingerprint density at radius 1 is 0.939 bits per heavy atom. The Kier molecular flexibility index (Phi) is 3.89. The first-order valence-corrected chi connectivity index (χ1v) is 10.8. The SMILES string of the molecule is c1cc(-c2ccc3c(c2)OCO3)c2cc(Nc3nc(NC4CC4)c4nc[nH]c4n3)ccc2n1. The van der Waals surface area contributed by atoms with Gasteiger partial charge in [-0.3, -0.25) is 4.98 Å². The van der Waals surface area contributed by atoms with Crippen molar-refractivity contribution in [3.63, 3.8) is 0 Å². The first kappa shape index (κ1) is 18.2. The molecule has 33 heavy (non-hydrogen) atoms. The zero-order chi connectivity index (χ0) is 21.8. The van der Waals surface area contributed by atoms with Crippen LogP contribution >= 0.6 is 0 Å². The van der Waals surface area contributed by atoms with Gasteiger partial charge in [-0.1, -0.05) is 6.07 Å². The number of nitrogens with zero attached hydrogens (tertiary/aromatic N) is 4. The lowest BCUT2D eigenvalue weighted by molar-refractivity contribution is 0.174. The predicted octanol–water partition coefficient (Wildman–Crippen LogP) is 4.61. The molecule has 0 bridgehead atoms. The number of anilines is 3. The number of pyridine rings is 1. The van der Waals surface area contributed by atoms with Crippen LogP contribution in [0.1, 0.15) is 12.8 Å². The Labute approximate surface area is 188 Å². The van der Waals surface area contributed by atoms with E-state index in [0.717, 1.165) is 63.4 Å². The molecular weight excluding hydrogens is 418 g/mol. The number of nitrogens with one attached hydrogen (secondary N) is 3. The van der Waals surface area contributed by atoms with Gasteiger partial charge in [0.25, 0.3) is 0 Å². The second kappa shape index (κ2) is 7.06. The van der Waals surface area contributed by atoms with Crippen LogP contribution in [-0.4, -0.2) is 37.8 Å². The maximum Gasteiger partial charge on any atom is 0.231 e. The van der Waals surface area contributed by atoms with Crippen LogP contribution in [0.25, 0.3) is 33.2 Å². The molecule has 3 N–H and O–H groups in total. The first-order valence-electron chi connectivity index (χ1n) is 10.8. The van der Waals surface area contributed by atoms with Crippen molar-refractivity contribution in [1.82, 2.24) is 24.9 Å². The Hall–Kier alpha value is -4.40. The van der Waals surface area contributed by atoms with Crippen molar-refractivity contribution in [2.45, 2.75) is 18.9 Å². The van der Waals surface area contributed by atoms with Crippen LogP contribution in [0.4, 0.5) is 17.5 Å². The summed E-state index contributed by atoms with van der Waals surface area (Å²) in [6.45, 7) is 0.252. The molecule has 0 unspecified atom stereocenters. The minimum atomic E-state index is 0.252. The van der Waals surface area contributed by atoms with Crippen molar-refractivity contribution in [2.24, 2.45) is 0 Å². The maximum absolute atomic E-state index is 5.57. The third kappa shape index (κ3) is 3.25. The molecule has 9 heteroatoms. The molecule has 7 rings (SSSR count). The fourth-order valence-corrected chi connectivity index (χ4v) is 4.08. The second-order valence-corrected chi connectivity index (χ2v) is 8.20. The van der Waals surface area contributed by atoms with E-state index in [4.69, 9.17) is 9.47 Å². The maximum atomic E-state index is 5.57. The van der Waals surface area contributed by atoms with Crippen molar-refractivity contribution < 1.29 is 9.47 Å². The van der Waals surface area contributed by atoms with E-state index < -0.39 is 0 Å². The highest BCUT2D eigenvalue weighted by molar-refractivity contribution is 5.97. The van der Waals surface area contributed by atoms with Gasteiger partial charge >= 0.3 is 0 Å². The summed E-state index contributed by atoms with van der Waals surface area (Å²) in [6.07, 6.45) is 5.76. The molecule has 0 amide bonds. The van der Waals surface area contributed by atoms with E-state index in [2.05, 4.69) is 41.6 Å². The molecule has 162 valence electrons. The van der Waals surface area contributed by atoms with Gasteiger partial charge < -0.3 is 25.1 Å². The van der Waals surface area contributed by atoms with Crippen LogP contribution in [0.15, 0.2) is 55.0 Å². The molecule has 1 saturated carbocycles. The Morgan fingerprint density at radius 2 is 1.88 bits per heavy atom. The summed E-state index contributed by atoms with van der Waals surface area (Å²) < 4.78 is 11.0. The van der Waals surface area contributed by atoms with E-state index in [1.807, 2.05) is 42.6 Å². The molecule has 5 aromatic rings. The quantitative estimate of drug-likeness (QED) is 0.366. The van der Waals surface area contributed by atoms with Crippen LogP contribution in [0, 0.1) is 0 Å². The van der Waals surface area contributed by atoms with E-state index in [-0.39, 0.29) is 6.79 Å². The molecule has 2 aliphatic rings. The normalized spacial score (nSPS) is 14.7. The molecule has 0 radical (unpaired) electrons. The highest BCUT2D eigenvalue weighted by Crippen LogP contribution is 2.38. The van der Waals surface area contributed by atoms with Crippen molar-refractivity contribution in [2.75, 3.05) is 17.4 Å². The molecule has 1 aliphatic carbocycles. The Bertz CT molecular complexity index is 1530. The van der Waals surface area contributed by atoms with E-state index in [1.54, 1.807) is 6.33 Å². The van der Waals surface area contributed by atoms with Gasteiger partial charge in [-0.05, 0) is 60.4 Å². The summed E-state index contributed by atoms with van der Waals surface area (Å²) in [5.41, 5.74) is 5.31. The minimum Gasteiger partial charge on any atom is -0.454 e. The molecule has 4 heterocycles. The number of hydrogen-bond acceptors (Lipinski definition) is 8. The third-order valence-electron chi connectivity index (χ3n) is 5.88. The Balaban J connectivity index is 1.28. The van der Waals surface area contributed by atoms with Gasteiger partial charge in [0.15, 0.2) is 23.0 Å². The summed E-state index contributed by atoms with van der Waals surface area (Å²) in [5.74, 6) is 2.77. The zero-order valence-electron chi connectivity index (χ0n) is 17.5. The smallest absolute Gasteiger partial charge is 0.231 e. The topological polar surface area (TPSA) is 110 Å². The van der Waals surface area contributed by atoms with Gasteiger partial charge in [0.05, 0.1) is 11.8 Å². The standard InChI is InChI=1S/C24H19N7O2/c1-6-19-20(33-12-32-19)9-13(1)16-7-8-25-18-5-4-15(10-17(16)18)29-24-30-22-21(26-11-27-22)23(31-24)28-14-2-3-14/h1,4-11,14H,2-3,12H2,(H3,26,27,28,29,30,31). The van der Waals surface area contributed by atoms with Crippen LogP contribution < -0.4 is 20.1 Å². The fourth-order valence-electron chi connectivity index (χ4n) is 4.08. The molecule has 1 fully saturated rings. The van der Waals surface area contributed by atoms with Gasteiger partial charge in [0, 0.05) is 23.3 Å². The summed E-state index contributed by atoms with van der Waals surface area (Å²) in [4.78, 5) is 21.3. The number of H-pyrrole nitrogens is 1. The Morgan fingerprint density at radius 3 is 2.82 bits per heavy atom. The predicted molar refractivity (Wildman–Crippen MR) is 125 cm³/mol. The number of ether oxygens (including phenoxy) is 2. The van der Waals surface area contributed by atoms with E-state index >= 15 is 0 Å². The van der Waals surface area contributed by atoms with Crippen LogP contribution in [-0.2, 0) is 0 Å². The van der Waals surface area contributed by atoms with E-state index in [0.29, 0.717) is 17.6 Å². The number of aromatic nitrogens is 5. The fraction of sp³-hybridized carbons (Fsp3) is 0.167. The average molecular weight is 437 g/mol. The third-order valence-corrected chi connectivity index (χ3v) is 5.88. The number of rotatable bonds is 5. The van der Waals surface area contributed by atoms with Crippen molar-refractivity contribution >= 4 is 39.5 Å². The highest BCUT2D eigenvalue weighted by atomic mass is 16.7. The van der Waals surface area contributed by atoms with E-state index in [9.17, 15) is 0 Å². The monoisotopic (exact) mass is 437 g/mol. The molecule has 0 spiro atoms.